The van der Waals surface area contributed by atoms with Crippen LogP contribution in [0.4, 0.5) is 5.69 Å². The number of ketones is 1. The first kappa shape index (κ1) is 26.3. The SMILES string of the molecule is CCC(=O)CCOc1ccc(OCC(O)CNCCOc2ccc(OC)cc2)c2c1NC(=O)CC2. The minimum absolute atomic E-state index is 0.0924. The summed E-state index contributed by atoms with van der Waals surface area (Å²) in [6.07, 6.45) is 0.929. The largest absolute Gasteiger partial charge is 0.497 e. The number of hydrogen-bond acceptors (Lipinski definition) is 8. The number of carbonyl (C=O) groups is 2. The zero-order chi connectivity index (χ0) is 25.0. The van der Waals surface area contributed by atoms with E-state index in [9.17, 15) is 14.7 Å². The molecule has 1 atom stereocenters. The number of anilines is 1. The second-order valence-electron chi connectivity index (χ2n) is 8.15. The molecule has 3 rings (SSSR count). The van der Waals surface area contributed by atoms with Crippen LogP contribution in [0.5, 0.6) is 23.0 Å². The molecule has 190 valence electrons. The molecule has 1 amide bonds. The van der Waals surface area contributed by atoms with Crippen LogP contribution in [0.15, 0.2) is 36.4 Å². The van der Waals surface area contributed by atoms with Crippen LogP contribution in [0.3, 0.4) is 0 Å². The molecule has 3 N–H and O–H groups in total. The van der Waals surface area contributed by atoms with Gasteiger partial charge in [-0.15, -0.1) is 0 Å². The second-order valence-corrected chi connectivity index (χ2v) is 8.15. The molecule has 0 aromatic heterocycles. The van der Waals surface area contributed by atoms with Crippen molar-refractivity contribution in [3.63, 3.8) is 0 Å². The molecule has 2 aromatic carbocycles. The number of Topliss-reactive ketones (excluding diaryl/α,β-unsaturated/α-hetero) is 1. The number of fused-ring (bicyclic) bond motifs is 1. The van der Waals surface area contributed by atoms with Gasteiger partial charge in [-0.1, -0.05) is 6.92 Å². The summed E-state index contributed by atoms with van der Waals surface area (Å²) in [5, 5.41) is 16.3. The Bertz CT molecular complexity index is 978. The lowest BCUT2D eigenvalue weighted by Gasteiger charge is -2.23. The molecule has 35 heavy (non-hydrogen) atoms. The van der Waals surface area contributed by atoms with Gasteiger partial charge in [-0.3, -0.25) is 9.59 Å². The molecule has 0 aliphatic carbocycles. The molecule has 0 saturated carbocycles. The quantitative estimate of drug-likeness (QED) is 0.329. The van der Waals surface area contributed by atoms with E-state index < -0.39 is 6.10 Å². The Labute approximate surface area is 205 Å². The molecule has 1 heterocycles. The summed E-state index contributed by atoms with van der Waals surface area (Å²) in [5.41, 5.74) is 1.41. The van der Waals surface area contributed by atoms with Gasteiger partial charge >= 0.3 is 0 Å². The summed E-state index contributed by atoms with van der Waals surface area (Å²) in [6.45, 7) is 3.53. The maximum absolute atomic E-state index is 11.9. The van der Waals surface area contributed by atoms with E-state index in [1.807, 2.05) is 31.2 Å². The third kappa shape index (κ3) is 8.15. The van der Waals surface area contributed by atoms with Crippen molar-refractivity contribution in [3.8, 4) is 23.0 Å². The van der Waals surface area contributed by atoms with E-state index in [2.05, 4.69) is 10.6 Å². The highest BCUT2D eigenvalue weighted by Crippen LogP contribution is 2.39. The van der Waals surface area contributed by atoms with E-state index in [-0.39, 0.29) is 24.9 Å². The fourth-order valence-corrected chi connectivity index (χ4v) is 3.57. The first-order chi connectivity index (χ1) is 17.0. The number of ether oxygens (including phenoxy) is 4. The van der Waals surface area contributed by atoms with Crippen molar-refractivity contribution in [2.45, 2.75) is 38.7 Å². The molecule has 1 unspecified atom stereocenters. The van der Waals surface area contributed by atoms with Crippen molar-refractivity contribution in [2.24, 2.45) is 0 Å². The molecule has 0 fully saturated rings. The maximum Gasteiger partial charge on any atom is 0.224 e. The highest BCUT2D eigenvalue weighted by atomic mass is 16.5. The average Bonchev–Trinajstić information content (AvgIpc) is 2.88. The minimum atomic E-state index is -0.721. The van der Waals surface area contributed by atoms with Crippen LogP contribution in [-0.4, -0.2) is 62.9 Å². The monoisotopic (exact) mass is 486 g/mol. The molecular formula is C26H34N2O7. The predicted molar refractivity (Wildman–Crippen MR) is 132 cm³/mol. The minimum Gasteiger partial charge on any atom is -0.497 e. The standard InChI is InChI=1S/C26H34N2O7/c1-3-18(29)12-14-34-24-10-9-23(22-8-11-25(31)28-26(22)24)35-17-19(30)16-27-13-15-33-21-6-4-20(32-2)5-7-21/h4-7,9-10,19,27,30H,3,8,11-17H2,1-2H3,(H,28,31). The Hall–Kier alpha value is -3.30. The topological polar surface area (TPSA) is 115 Å². The average molecular weight is 487 g/mol. The van der Waals surface area contributed by atoms with Gasteiger partial charge in [-0.05, 0) is 42.8 Å². The fraction of sp³-hybridized carbons (Fsp3) is 0.462. The van der Waals surface area contributed by atoms with Gasteiger partial charge in [0.1, 0.15) is 48.1 Å². The van der Waals surface area contributed by atoms with Crippen molar-refractivity contribution in [2.75, 3.05) is 45.3 Å². The molecule has 0 spiro atoms. The van der Waals surface area contributed by atoms with Crippen LogP contribution < -0.4 is 29.6 Å². The number of benzene rings is 2. The van der Waals surface area contributed by atoms with Crippen molar-refractivity contribution in [1.82, 2.24) is 5.32 Å². The van der Waals surface area contributed by atoms with Crippen LogP contribution in [0.25, 0.3) is 0 Å². The summed E-state index contributed by atoms with van der Waals surface area (Å²) in [6, 6.07) is 10.8. The van der Waals surface area contributed by atoms with E-state index in [4.69, 9.17) is 18.9 Å². The van der Waals surface area contributed by atoms with E-state index >= 15 is 0 Å². The van der Waals surface area contributed by atoms with E-state index in [0.717, 1.165) is 17.1 Å². The van der Waals surface area contributed by atoms with Gasteiger partial charge in [0.25, 0.3) is 0 Å². The van der Waals surface area contributed by atoms with Crippen LogP contribution in [0.2, 0.25) is 0 Å². The molecule has 0 radical (unpaired) electrons. The summed E-state index contributed by atoms with van der Waals surface area (Å²) in [4.78, 5) is 23.5. The fourth-order valence-electron chi connectivity index (χ4n) is 3.57. The van der Waals surface area contributed by atoms with Crippen molar-refractivity contribution in [3.05, 3.63) is 42.0 Å². The molecule has 9 heteroatoms. The number of amides is 1. The molecule has 2 aromatic rings. The third-order valence-corrected chi connectivity index (χ3v) is 5.55. The summed E-state index contributed by atoms with van der Waals surface area (Å²) >= 11 is 0. The number of nitrogens with one attached hydrogen (secondary N) is 2. The molecular weight excluding hydrogens is 452 g/mol. The normalized spacial score (nSPS) is 13.4. The highest BCUT2D eigenvalue weighted by molar-refractivity contribution is 5.96. The van der Waals surface area contributed by atoms with Crippen LogP contribution in [0.1, 0.15) is 31.7 Å². The predicted octanol–water partition coefficient (Wildman–Crippen LogP) is 2.74. The van der Waals surface area contributed by atoms with Crippen LogP contribution in [-0.2, 0) is 16.0 Å². The Morgan fingerprint density at radius 1 is 1.03 bits per heavy atom. The van der Waals surface area contributed by atoms with E-state index in [1.54, 1.807) is 19.2 Å². The number of hydrogen-bond donors (Lipinski definition) is 3. The van der Waals surface area contributed by atoms with Crippen molar-refractivity contribution >= 4 is 17.4 Å². The zero-order valence-electron chi connectivity index (χ0n) is 20.3. The van der Waals surface area contributed by atoms with Crippen LogP contribution >= 0.6 is 0 Å². The maximum atomic E-state index is 11.9. The second kappa shape index (κ2) is 13.6. The molecule has 9 nitrogen and oxygen atoms in total. The number of aliphatic hydroxyl groups excluding tert-OH is 1. The molecule has 0 bridgehead atoms. The third-order valence-electron chi connectivity index (χ3n) is 5.55. The summed E-state index contributed by atoms with van der Waals surface area (Å²) < 4.78 is 22.4. The first-order valence-electron chi connectivity index (χ1n) is 11.9. The van der Waals surface area contributed by atoms with Gasteiger partial charge in [-0.25, -0.2) is 0 Å². The summed E-state index contributed by atoms with van der Waals surface area (Å²) in [5.74, 6) is 2.66. The molecule has 0 saturated heterocycles. The Morgan fingerprint density at radius 3 is 2.51 bits per heavy atom. The van der Waals surface area contributed by atoms with Crippen molar-refractivity contribution < 1.29 is 33.6 Å². The zero-order valence-corrected chi connectivity index (χ0v) is 20.3. The van der Waals surface area contributed by atoms with E-state index in [1.165, 1.54) is 0 Å². The van der Waals surface area contributed by atoms with Gasteiger partial charge in [0, 0.05) is 37.9 Å². The van der Waals surface area contributed by atoms with Gasteiger partial charge in [0.2, 0.25) is 5.91 Å². The van der Waals surface area contributed by atoms with E-state index in [0.29, 0.717) is 62.6 Å². The lowest BCUT2D eigenvalue weighted by atomic mass is 10.0. The van der Waals surface area contributed by atoms with Crippen molar-refractivity contribution in [1.29, 1.82) is 0 Å². The number of rotatable bonds is 15. The van der Waals surface area contributed by atoms with Gasteiger partial charge in [0.15, 0.2) is 0 Å². The smallest absolute Gasteiger partial charge is 0.224 e. The van der Waals surface area contributed by atoms with Crippen LogP contribution in [0, 0.1) is 0 Å². The lowest BCUT2D eigenvalue weighted by molar-refractivity contribution is -0.119. The Morgan fingerprint density at radius 2 is 1.77 bits per heavy atom. The van der Waals surface area contributed by atoms with Gasteiger partial charge < -0.3 is 34.7 Å². The summed E-state index contributed by atoms with van der Waals surface area (Å²) in [7, 11) is 1.62. The van der Waals surface area contributed by atoms with Gasteiger partial charge in [0.05, 0.1) is 19.4 Å². The number of methoxy groups -OCH3 is 1. The van der Waals surface area contributed by atoms with Gasteiger partial charge in [-0.2, -0.15) is 0 Å². The highest BCUT2D eigenvalue weighted by Gasteiger charge is 2.23. The number of aliphatic hydroxyl groups is 1. The Balaban J connectivity index is 1.44. The number of carbonyl (C=O) groups excluding carboxylic acids is 2. The molecule has 1 aliphatic heterocycles. The Kier molecular flexibility index (Phi) is 10.2. The molecule has 1 aliphatic rings. The first-order valence-corrected chi connectivity index (χ1v) is 11.9. The lowest BCUT2D eigenvalue weighted by Crippen LogP contribution is -2.33.